The SMILES string of the molecule is CCCc1c(-c2ccccc2)[nH]c(-c2ccccc2)c1CCC. The largest absolute Gasteiger partial charge is 0.354 e. The molecule has 0 aliphatic heterocycles. The van der Waals surface area contributed by atoms with Crippen LogP contribution in [0.1, 0.15) is 37.8 Å². The van der Waals surface area contributed by atoms with Gasteiger partial charge in [-0.05, 0) is 35.1 Å². The van der Waals surface area contributed by atoms with E-state index < -0.39 is 0 Å². The van der Waals surface area contributed by atoms with Crippen LogP contribution in [0.2, 0.25) is 0 Å². The van der Waals surface area contributed by atoms with E-state index in [1.807, 2.05) is 0 Å². The summed E-state index contributed by atoms with van der Waals surface area (Å²) in [7, 11) is 0. The fraction of sp³-hybridized carbons (Fsp3) is 0.273. The summed E-state index contributed by atoms with van der Waals surface area (Å²) in [6, 6.07) is 21.5. The molecule has 0 saturated carbocycles. The van der Waals surface area contributed by atoms with Crippen LogP contribution in [0.25, 0.3) is 22.5 Å². The predicted octanol–water partition coefficient (Wildman–Crippen LogP) is 6.25. The molecule has 0 aliphatic rings. The van der Waals surface area contributed by atoms with Crippen molar-refractivity contribution >= 4 is 0 Å². The minimum atomic E-state index is 1.13. The number of hydrogen-bond donors (Lipinski definition) is 1. The van der Waals surface area contributed by atoms with Crippen molar-refractivity contribution in [3.63, 3.8) is 0 Å². The molecule has 0 unspecified atom stereocenters. The second-order valence-corrected chi connectivity index (χ2v) is 6.06. The van der Waals surface area contributed by atoms with E-state index in [1.54, 1.807) is 0 Å². The molecule has 0 aliphatic carbocycles. The molecule has 1 heteroatoms. The molecule has 23 heavy (non-hydrogen) atoms. The number of benzene rings is 2. The molecule has 0 fully saturated rings. The lowest BCUT2D eigenvalue weighted by Gasteiger charge is -2.07. The molecule has 3 rings (SSSR count). The van der Waals surface area contributed by atoms with E-state index in [1.165, 1.54) is 46.5 Å². The van der Waals surface area contributed by atoms with Crippen molar-refractivity contribution in [2.24, 2.45) is 0 Å². The maximum Gasteiger partial charge on any atom is 0.0494 e. The van der Waals surface area contributed by atoms with Crippen molar-refractivity contribution in [2.75, 3.05) is 0 Å². The number of aromatic amines is 1. The Bertz CT molecular complexity index is 674. The second kappa shape index (κ2) is 7.32. The third-order valence-electron chi connectivity index (χ3n) is 4.34. The number of H-pyrrole nitrogens is 1. The van der Waals surface area contributed by atoms with E-state index in [9.17, 15) is 0 Å². The van der Waals surface area contributed by atoms with Gasteiger partial charge in [-0.15, -0.1) is 0 Å². The van der Waals surface area contributed by atoms with Crippen molar-refractivity contribution in [2.45, 2.75) is 39.5 Å². The minimum Gasteiger partial charge on any atom is -0.354 e. The highest BCUT2D eigenvalue weighted by Gasteiger charge is 2.18. The first kappa shape index (κ1) is 15.6. The van der Waals surface area contributed by atoms with E-state index in [-0.39, 0.29) is 0 Å². The van der Waals surface area contributed by atoms with E-state index in [0.717, 1.165) is 12.8 Å². The zero-order valence-electron chi connectivity index (χ0n) is 14.1. The lowest BCUT2D eigenvalue weighted by molar-refractivity contribution is 0.871. The van der Waals surface area contributed by atoms with Crippen LogP contribution in [-0.4, -0.2) is 4.98 Å². The van der Waals surface area contributed by atoms with E-state index in [0.29, 0.717) is 0 Å². The Morgan fingerprint density at radius 1 is 0.609 bits per heavy atom. The number of aromatic nitrogens is 1. The van der Waals surface area contributed by atoms with Crippen LogP contribution in [0, 0.1) is 0 Å². The monoisotopic (exact) mass is 303 g/mol. The van der Waals surface area contributed by atoms with Crippen LogP contribution in [-0.2, 0) is 12.8 Å². The van der Waals surface area contributed by atoms with E-state index in [4.69, 9.17) is 0 Å². The zero-order valence-corrected chi connectivity index (χ0v) is 14.1. The fourth-order valence-electron chi connectivity index (χ4n) is 3.33. The van der Waals surface area contributed by atoms with Gasteiger partial charge in [-0.1, -0.05) is 87.4 Å². The van der Waals surface area contributed by atoms with Gasteiger partial charge in [-0.2, -0.15) is 0 Å². The van der Waals surface area contributed by atoms with Crippen molar-refractivity contribution in [1.82, 2.24) is 4.98 Å². The third kappa shape index (κ3) is 3.24. The Labute approximate surface area is 139 Å². The highest BCUT2D eigenvalue weighted by Crippen LogP contribution is 2.35. The van der Waals surface area contributed by atoms with Crippen molar-refractivity contribution in [3.8, 4) is 22.5 Å². The summed E-state index contributed by atoms with van der Waals surface area (Å²) in [6.45, 7) is 4.53. The fourth-order valence-corrected chi connectivity index (χ4v) is 3.33. The molecule has 1 aromatic heterocycles. The molecular formula is C22H25N. The normalized spacial score (nSPS) is 10.9. The van der Waals surface area contributed by atoms with Gasteiger partial charge in [0, 0.05) is 11.4 Å². The smallest absolute Gasteiger partial charge is 0.0494 e. The minimum absolute atomic E-state index is 1.13. The Kier molecular flexibility index (Phi) is 4.97. The van der Waals surface area contributed by atoms with E-state index >= 15 is 0 Å². The van der Waals surface area contributed by atoms with Gasteiger partial charge in [-0.3, -0.25) is 0 Å². The van der Waals surface area contributed by atoms with Gasteiger partial charge < -0.3 is 4.98 Å². The summed E-state index contributed by atoms with van der Waals surface area (Å²) in [5, 5.41) is 0. The molecule has 0 amide bonds. The molecule has 2 aromatic carbocycles. The van der Waals surface area contributed by atoms with Gasteiger partial charge in [-0.25, -0.2) is 0 Å². The number of rotatable bonds is 6. The van der Waals surface area contributed by atoms with Gasteiger partial charge in [0.25, 0.3) is 0 Å². The molecule has 0 radical (unpaired) electrons. The first-order valence-electron chi connectivity index (χ1n) is 8.69. The molecule has 0 saturated heterocycles. The van der Waals surface area contributed by atoms with Crippen LogP contribution < -0.4 is 0 Å². The van der Waals surface area contributed by atoms with Crippen LogP contribution in [0.15, 0.2) is 60.7 Å². The van der Waals surface area contributed by atoms with Crippen LogP contribution >= 0.6 is 0 Å². The maximum absolute atomic E-state index is 3.75. The summed E-state index contributed by atoms with van der Waals surface area (Å²) in [4.78, 5) is 3.75. The summed E-state index contributed by atoms with van der Waals surface area (Å²) < 4.78 is 0. The molecule has 1 nitrogen and oxygen atoms in total. The van der Waals surface area contributed by atoms with E-state index in [2.05, 4.69) is 79.5 Å². The summed E-state index contributed by atoms with van der Waals surface area (Å²) in [6.07, 6.45) is 4.59. The lowest BCUT2D eigenvalue weighted by atomic mass is 9.95. The topological polar surface area (TPSA) is 15.8 Å². The average Bonchev–Trinajstić information content (AvgIpc) is 2.96. The van der Waals surface area contributed by atoms with Crippen molar-refractivity contribution in [1.29, 1.82) is 0 Å². The Morgan fingerprint density at radius 3 is 1.35 bits per heavy atom. The second-order valence-electron chi connectivity index (χ2n) is 6.06. The van der Waals surface area contributed by atoms with Gasteiger partial charge in [0.15, 0.2) is 0 Å². The third-order valence-corrected chi connectivity index (χ3v) is 4.34. The Hall–Kier alpha value is -2.28. The van der Waals surface area contributed by atoms with Crippen molar-refractivity contribution in [3.05, 3.63) is 71.8 Å². The van der Waals surface area contributed by atoms with Crippen molar-refractivity contribution < 1.29 is 0 Å². The average molecular weight is 303 g/mol. The van der Waals surface area contributed by atoms with Gasteiger partial charge in [0.1, 0.15) is 0 Å². The molecule has 3 aromatic rings. The predicted molar refractivity (Wildman–Crippen MR) is 99.7 cm³/mol. The molecule has 118 valence electrons. The molecule has 0 spiro atoms. The summed E-state index contributed by atoms with van der Waals surface area (Å²) in [5.41, 5.74) is 8.18. The molecular weight excluding hydrogens is 278 g/mol. The first-order chi connectivity index (χ1) is 11.3. The first-order valence-corrected chi connectivity index (χ1v) is 8.69. The molecule has 1 heterocycles. The lowest BCUT2D eigenvalue weighted by Crippen LogP contribution is -1.93. The van der Waals surface area contributed by atoms with Gasteiger partial charge in [0.2, 0.25) is 0 Å². The quantitative estimate of drug-likeness (QED) is 0.553. The number of hydrogen-bond acceptors (Lipinski definition) is 0. The van der Waals surface area contributed by atoms with Gasteiger partial charge >= 0.3 is 0 Å². The maximum atomic E-state index is 3.75. The highest BCUT2D eigenvalue weighted by atomic mass is 14.7. The molecule has 1 N–H and O–H groups in total. The summed E-state index contributed by atoms with van der Waals surface area (Å²) in [5.74, 6) is 0. The van der Waals surface area contributed by atoms with Crippen LogP contribution in [0.4, 0.5) is 0 Å². The molecule has 0 bridgehead atoms. The highest BCUT2D eigenvalue weighted by molar-refractivity contribution is 5.75. The standard InChI is InChI=1S/C22H25N/c1-3-11-19-20(12-4-2)22(18-15-9-6-10-16-18)23-21(19)17-13-7-5-8-14-17/h5-10,13-16,23H,3-4,11-12H2,1-2H3. The Morgan fingerprint density at radius 2 is 1.00 bits per heavy atom. The Balaban J connectivity index is 2.20. The van der Waals surface area contributed by atoms with Crippen LogP contribution in [0.5, 0.6) is 0 Å². The molecule has 0 atom stereocenters. The van der Waals surface area contributed by atoms with Crippen LogP contribution in [0.3, 0.4) is 0 Å². The zero-order chi connectivity index (χ0) is 16.1. The van der Waals surface area contributed by atoms with Gasteiger partial charge in [0.05, 0.1) is 0 Å². The summed E-state index contributed by atoms with van der Waals surface area (Å²) >= 11 is 0. The number of nitrogens with one attached hydrogen (secondary N) is 1.